The van der Waals surface area contributed by atoms with Gasteiger partial charge in [-0.25, -0.2) is 14.0 Å². The first-order valence-electron chi connectivity index (χ1n) is 8.71. The van der Waals surface area contributed by atoms with E-state index in [1.54, 1.807) is 14.0 Å². The van der Waals surface area contributed by atoms with Crippen LogP contribution in [0.2, 0.25) is 5.02 Å². The number of carbonyl (C=O) groups is 3. The third kappa shape index (κ3) is 8.52. The molecule has 168 valence electrons. The van der Waals surface area contributed by atoms with E-state index in [1.165, 1.54) is 12.1 Å². The first kappa shape index (κ1) is 26.3. The number of nitrogens with one attached hydrogen (secondary N) is 1. The number of nitrogens with zero attached hydrogens (tertiary/aromatic N) is 1. The van der Waals surface area contributed by atoms with Crippen molar-refractivity contribution >= 4 is 51.1 Å². The summed E-state index contributed by atoms with van der Waals surface area (Å²) in [6.45, 7) is 2.31. The van der Waals surface area contributed by atoms with Crippen LogP contribution in [-0.4, -0.2) is 53.2 Å². The number of hydrogen-bond acceptors (Lipinski definition) is 5. The second kappa shape index (κ2) is 12.2. The maximum Gasteiger partial charge on any atom is 0.414 e. The molecular weight excluding hydrogens is 499 g/mol. The molecule has 8 nitrogen and oxygen atoms in total. The number of anilines is 1. The largest absolute Gasteiger partial charge is 0.496 e. The van der Waals surface area contributed by atoms with Gasteiger partial charge in [0.25, 0.3) is 0 Å². The molecule has 3 N–H and O–H groups in total. The third-order valence-electron chi connectivity index (χ3n) is 4.07. The first-order chi connectivity index (χ1) is 14.5. The molecule has 1 unspecified atom stereocenters. The number of likely N-dealkylation sites (N-methyl/N-ethyl adjacent to an activating group) is 1. The van der Waals surface area contributed by atoms with Gasteiger partial charge < -0.3 is 20.3 Å². The lowest BCUT2D eigenvalue weighted by atomic mass is 10.1. The fourth-order valence-corrected chi connectivity index (χ4v) is 2.93. The summed E-state index contributed by atoms with van der Waals surface area (Å²) in [5.41, 5.74) is 1.34. The molecule has 1 amide bonds. The Kier molecular flexibility index (Phi) is 10.4. The van der Waals surface area contributed by atoms with E-state index in [4.69, 9.17) is 36.1 Å². The normalized spacial score (nSPS) is 11.2. The number of benzene rings is 2. The Morgan fingerprint density at radius 1 is 1.19 bits per heavy atom. The van der Waals surface area contributed by atoms with Crippen molar-refractivity contribution in [2.45, 2.75) is 19.5 Å². The Morgan fingerprint density at radius 3 is 2.32 bits per heavy atom. The molecular formula is C20H21BrClFN2O6. The van der Waals surface area contributed by atoms with Gasteiger partial charge in [-0.15, -0.1) is 0 Å². The van der Waals surface area contributed by atoms with Crippen LogP contribution in [0, 0.1) is 5.82 Å². The number of methoxy groups -OCH3 is 1. The highest BCUT2D eigenvalue weighted by Gasteiger charge is 2.20. The number of carboxylic acids is 2. The zero-order chi connectivity index (χ0) is 23.7. The summed E-state index contributed by atoms with van der Waals surface area (Å²) in [5, 5.41) is 17.7. The van der Waals surface area contributed by atoms with Crippen LogP contribution in [0.25, 0.3) is 0 Å². The van der Waals surface area contributed by atoms with Gasteiger partial charge in [-0.05, 0) is 50.4 Å². The summed E-state index contributed by atoms with van der Waals surface area (Å²) in [7, 11) is 3.45. The van der Waals surface area contributed by atoms with Crippen molar-refractivity contribution in [2.75, 3.05) is 19.5 Å². The number of halogens is 3. The number of ether oxygens (including phenoxy) is 1. The highest BCUT2D eigenvalue weighted by molar-refractivity contribution is 9.10. The van der Waals surface area contributed by atoms with Crippen molar-refractivity contribution in [2.24, 2.45) is 0 Å². The zero-order valence-electron chi connectivity index (χ0n) is 16.9. The predicted molar refractivity (Wildman–Crippen MR) is 117 cm³/mol. The van der Waals surface area contributed by atoms with Crippen LogP contribution in [0.15, 0.2) is 40.9 Å². The summed E-state index contributed by atoms with van der Waals surface area (Å²) in [6, 6.07) is 9.16. The summed E-state index contributed by atoms with van der Waals surface area (Å²) in [6.07, 6.45) is 0. The van der Waals surface area contributed by atoms with Crippen LogP contribution in [0.1, 0.15) is 12.5 Å². The lowest BCUT2D eigenvalue weighted by Crippen LogP contribution is -2.39. The molecule has 0 aromatic heterocycles. The van der Waals surface area contributed by atoms with Gasteiger partial charge in [0.1, 0.15) is 11.6 Å². The van der Waals surface area contributed by atoms with Crippen molar-refractivity contribution in [1.82, 2.24) is 4.90 Å². The molecule has 0 heterocycles. The molecule has 1 atom stereocenters. The molecule has 2 aromatic rings. The Bertz CT molecular complexity index is 947. The molecule has 0 radical (unpaired) electrons. The molecule has 0 saturated carbocycles. The van der Waals surface area contributed by atoms with Gasteiger partial charge in [-0.2, -0.15) is 0 Å². The van der Waals surface area contributed by atoms with Crippen molar-refractivity contribution in [3.05, 3.63) is 57.3 Å². The van der Waals surface area contributed by atoms with Gasteiger partial charge in [0.2, 0.25) is 5.91 Å². The van der Waals surface area contributed by atoms with Gasteiger partial charge in [-0.3, -0.25) is 9.69 Å². The topological polar surface area (TPSA) is 116 Å². The second-order valence-electron chi connectivity index (χ2n) is 6.27. The van der Waals surface area contributed by atoms with E-state index in [1.807, 2.05) is 30.1 Å². The quantitative estimate of drug-likeness (QED) is 0.496. The van der Waals surface area contributed by atoms with E-state index in [9.17, 15) is 9.18 Å². The van der Waals surface area contributed by atoms with E-state index in [0.717, 1.165) is 21.9 Å². The van der Waals surface area contributed by atoms with E-state index >= 15 is 0 Å². The van der Waals surface area contributed by atoms with Crippen LogP contribution >= 0.6 is 27.5 Å². The van der Waals surface area contributed by atoms with Crippen molar-refractivity contribution in [3.8, 4) is 5.75 Å². The summed E-state index contributed by atoms with van der Waals surface area (Å²) in [5.74, 6) is -3.57. The highest BCUT2D eigenvalue weighted by Crippen LogP contribution is 2.25. The number of carboxylic acid groups (broad SMARTS) is 2. The highest BCUT2D eigenvalue weighted by atomic mass is 79.9. The smallest absolute Gasteiger partial charge is 0.414 e. The SMILES string of the molecule is COc1ccc(Br)cc1CN(C)C(C)C(=O)Nc1ccc(F)cc1Cl.O=C(O)C(=O)O. The first-order valence-corrected chi connectivity index (χ1v) is 9.88. The average molecular weight is 520 g/mol. The fourth-order valence-electron chi connectivity index (χ4n) is 2.30. The molecule has 2 aromatic carbocycles. The number of hydrogen-bond donors (Lipinski definition) is 3. The van der Waals surface area contributed by atoms with Gasteiger partial charge in [0, 0.05) is 16.6 Å². The zero-order valence-corrected chi connectivity index (χ0v) is 19.2. The van der Waals surface area contributed by atoms with Crippen LogP contribution < -0.4 is 10.1 Å². The lowest BCUT2D eigenvalue weighted by Gasteiger charge is -2.25. The molecule has 2 rings (SSSR count). The molecule has 31 heavy (non-hydrogen) atoms. The maximum atomic E-state index is 13.1. The van der Waals surface area contributed by atoms with Gasteiger partial charge in [0.15, 0.2) is 0 Å². The molecule has 0 spiro atoms. The standard InChI is InChI=1S/C18H19BrClFN2O2.C2H2O4/c1-11(18(24)22-16-6-5-14(21)9-15(16)20)23(2)10-12-8-13(19)4-7-17(12)25-3;3-1(4)2(5)6/h4-9,11H,10H2,1-3H3,(H,22,24);(H,3,4)(H,5,6). The second-order valence-corrected chi connectivity index (χ2v) is 7.59. The van der Waals surface area contributed by atoms with Gasteiger partial charge in [0.05, 0.1) is 23.9 Å². The minimum absolute atomic E-state index is 0.164. The van der Waals surface area contributed by atoms with Crippen molar-refractivity contribution in [3.63, 3.8) is 0 Å². The summed E-state index contributed by atoms with van der Waals surface area (Å²) in [4.78, 5) is 32.5. The number of amides is 1. The summed E-state index contributed by atoms with van der Waals surface area (Å²) < 4.78 is 19.4. The van der Waals surface area contributed by atoms with Crippen molar-refractivity contribution in [1.29, 1.82) is 0 Å². The van der Waals surface area contributed by atoms with Crippen LogP contribution in [-0.2, 0) is 20.9 Å². The van der Waals surface area contributed by atoms with E-state index in [2.05, 4.69) is 21.2 Å². The van der Waals surface area contributed by atoms with Crippen molar-refractivity contribution < 1.29 is 33.7 Å². The van der Waals surface area contributed by atoms with E-state index in [0.29, 0.717) is 12.2 Å². The molecule has 0 aliphatic carbocycles. The predicted octanol–water partition coefficient (Wildman–Crippen LogP) is 3.86. The van der Waals surface area contributed by atoms with Gasteiger partial charge in [-0.1, -0.05) is 27.5 Å². The third-order valence-corrected chi connectivity index (χ3v) is 4.88. The number of rotatable bonds is 6. The Hall–Kier alpha value is -2.69. The Morgan fingerprint density at radius 2 is 1.81 bits per heavy atom. The van der Waals surface area contributed by atoms with Crippen LogP contribution in [0.5, 0.6) is 5.75 Å². The van der Waals surface area contributed by atoms with E-state index < -0.39 is 23.8 Å². The number of aliphatic carboxylic acids is 2. The maximum absolute atomic E-state index is 13.1. The van der Waals surface area contributed by atoms with E-state index in [-0.39, 0.29) is 10.9 Å². The van der Waals surface area contributed by atoms with Crippen LogP contribution in [0.3, 0.4) is 0 Å². The molecule has 0 aliphatic rings. The lowest BCUT2D eigenvalue weighted by molar-refractivity contribution is -0.159. The molecule has 0 aliphatic heterocycles. The van der Waals surface area contributed by atoms with Crippen LogP contribution in [0.4, 0.5) is 10.1 Å². The average Bonchev–Trinajstić information content (AvgIpc) is 2.70. The molecule has 0 saturated heterocycles. The Balaban J connectivity index is 0.000000703. The van der Waals surface area contributed by atoms with Gasteiger partial charge >= 0.3 is 11.9 Å². The number of carbonyl (C=O) groups excluding carboxylic acids is 1. The molecule has 0 fully saturated rings. The summed E-state index contributed by atoms with van der Waals surface area (Å²) >= 11 is 9.40. The molecule has 0 bridgehead atoms. The Labute approximate surface area is 191 Å². The monoisotopic (exact) mass is 518 g/mol. The minimum atomic E-state index is -1.82. The minimum Gasteiger partial charge on any atom is -0.496 e. The molecule has 11 heteroatoms. The fraction of sp³-hybridized carbons (Fsp3) is 0.250.